The SMILES string of the molecule is CCC(O)CCCNCc1cccnc1C. The molecule has 0 aliphatic heterocycles. The molecule has 3 nitrogen and oxygen atoms in total. The quantitative estimate of drug-likeness (QED) is 0.694. The van der Waals surface area contributed by atoms with Gasteiger partial charge in [-0.2, -0.15) is 0 Å². The molecule has 0 spiro atoms. The van der Waals surface area contributed by atoms with E-state index < -0.39 is 0 Å². The number of hydrogen-bond donors (Lipinski definition) is 2. The van der Waals surface area contributed by atoms with Crippen molar-refractivity contribution < 1.29 is 5.11 Å². The lowest BCUT2D eigenvalue weighted by molar-refractivity contribution is 0.157. The number of nitrogens with one attached hydrogen (secondary N) is 1. The van der Waals surface area contributed by atoms with Crippen LogP contribution in [0.2, 0.25) is 0 Å². The molecular formula is C13H22N2O. The molecule has 0 saturated heterocycles. The number of pyridine rings is 1. The van der Waals surface area contributed by atoms with Gasteiger partial charge < -0.3 is 10.4 Å². The number of aryl methyl sites for hydroxylation is 1. The Balaban J connectivity index is 2.14. The van der Waals surface area contributed by atoms with Crippen molar-refractivity contribution in [2.24, 2.45) is 0 Å². The number of aliphatic hydroxyl groups excluding tert-OH is 1. The van der Waals surface area contributed by atoms with Gasteiger partial charge >= 0.3 is 0 Å². The minimum Gasteiger partial charge on any atom is -0.393 e. The zero-order valence-corrected chi connectivity index (χ0v) is 10.2. The minimum absolute atomic E-state index is 0.137. The Morgan fingerprint density at radius 1 is 1.50 bits per heavy atom. The fraction of sp³-hybridized carbons (Fsp3) is 0.615. The summed E-state index contributed by atoms with van der Waals surface area (Å²) >= 11 is 0. The van der Waals surface area contributed by atoms with E-state index in [0.717, 1.165) is 38.0 Å². The van der Waals surface area contributed by atoms with Gasteiger partial charge in [-0.3, -0.25) is 4.98 Å². The van der Waals surface area contributed by atoms with Crippen LogP contribution >= 0.6 is 0 Å². The van der Waals surface area contributed by atoms with E-state index in [-0.39, 0.29) is 6.10 Å². The molecule has 0 amide bonds. The highest BCUT2D eigenvalue weighted by molar-refractivity contribution is 5.17. The molecule has 0 aliphatic rings. The van der Waals surface area contributed by atoms with E-state index in [1.807, 2.05) is 26.1 Å². The Hall–Kier alpha value is -0.930. The Bertz CT molecular complexity index is 302. The average Bonchev–Trinajstić information content (AvgIpc) is 2.30. The van der Waals surface area contributed by atoms with Gasteiger partial charge in [0.05, 0.1) is 6.10 Å². The molecule has 0 bridgehead atoms. The monoisotopic (exact) mass is 222 g/mol. The molecule has 1 atom stereocenters. The second-order valence-electron chi connectivity index (χ2n) is 4.13. The summed E-state index contributed by atoms with van der Waals surface area (Å²) in [7, 11) is 0. The van der Waals surface area contributed by atoms with Crippen LogP contribution in [0.1, 0.15) is 37.4 Å². The van der Waals surface area contributed by atoms with Gasteiger partial charge in [0.15, 0.2) is 0 Å². The van der Waals surface area contributed by atoms with E-state index in [9.17, 15) is 5.11 Å². The van der Waals surface area contributed by atoms with E-state index in [1.165, 1.54) is 5.56 Å². The van der Waals surface area contributed by atoms with Crippen LogP contribution < -0.4 is 5.32 Å². The first-order chi connectivity index (χ1) is 7.74. The Morgan fingerprint density at radius 2 is 2.31 bits per heavy atom. The van der Waals surface area contributed by atoms with Gasteiger partial charge in [-0.1, -0.05) is 13.0 Å². The molecule has 0 fully saturated rings. The lowest BCUT2D eigenvalue weighted by Gasteiger charge is -2.09. The van der Waals surface area contributed by atoms with Crippen LogP contribution in [0.3, 0.4) is 0 Å². The summed E-state index contributed by atoms with van der Waals surface area (Å²) in [6.45, 7) is 5.85. The van der Waals surface area contributed by atoms with E-state index in [0.29, 0.717) is 0 Å². The highest BCUT2D eigenvalue weighted by Gasteiger charge is 2.00. The summed E-state index contributed by atoms with van der Waals surface area (Å²) in [5.74, 6) is 0. The van der Waals surface area contributed by atoms with Gasteiger partial charge in [-0.25, -0.2) is 0 Å². The maximum Gasteiger partial charge on any atom is 0.0538 e. The summed E-state index contributed by atoms with van der Waals surface area (Å²) in [6, 6.07) is 4.06. The molecule has 0 saturated carbocycles. The number of hydrogen-bond acceptors (Lipinski definition) is 3. The molecule has 1 heterocycles. The van der Waals surface area contributed by atoms with Crippen molar-refractivity contribution in [3.8, 4) is 0 Å². The van der Waals surface area contributed by atoms with Crippen molar-refractivity contribution in [1.29, 1.82) is 0 Å². The first-order valence-corrected chi connectivity index (χ1v) is 6.03. The summed E-state index contributed by atoms with van der Waals surface area (Å²) in [5, 5.41) is 12.8. The van der Waals surface area contributed by atoms with Crippen LogP contribution in [-0.2, 0) is 6.54 Å². The number of rotatable bonds is 7. The van der Waals surface area contributed by atoms with E-state index in [2.05, 4.69) is 16.4 Å². The molecule has 0 aliphatic carbocycles. The minimum atomic E-state index is -0.137. The molecule has 0 aromatic carbocycles. The molecule has 3 heteroatoms. The third kappa shape index (κ3) is 4.73. The van der Waals surface area contributed by atoms with Gasteiger partial charge in [0.1, 0.15) is 0 Å². The molecular weight excluding hydrogens is 200 g/mol. The molecule has 2 N–H and O–H groups in total. The average molecular weight is 222 g/mol. The highest BCUT2D eigenvalue weighted by Crippen LogP contribution is 2.03. The van der Waals surface area contributed by atoms with Crippen LogP contribution in [-0.4, -0.2) is 22.7 Å². The maximum atomic E-state index is 9.38. The molecule has 1 unspecified atom stereocenters. The molecule has 1 rings (SSSR count). The van der Waals surface area contributed by atoms with Crippen molar-refractivity contribution in [3.05, 3.63) is 29.6 Å². The van der Waals surface area contributed by atoms with E-state index >= 15 is 0 Å². The fourth-order valence-corrected chi connectivity index (χ4v) is 1.59. The number of nitrogens with zero attached hydrogens (tertiary/aromatic N) is 1. The van der Waals surface area contributed by atoms with Crippen molar-refractivity contribution in [1.82, 2.24) is 10.3 Å². The van der Waals surface area contributed by atoms with E-state index in [1.54, 1.807) is 0 Å². The normalized spacial score (nSPS) is 12.7. The smallest absolute Gasteiger partial charge is 0.0538 e. The van der Waals surface area contributed by atoms with Gasteiger partial charge in [0, 0.05) is 18.4 Å². The fourth-order valence-electron chi connectivity index (χ4n) is 1.59. The maximum absolute atomic E-state index is 9.38. The molecule has 0 radical (unpaired) electrons. The lowest BCUT2D eigenvalue weighted by atomic mass is 10.1. The van der Waals surface area contributed by atoms with Gasteiger partial charge in [0.25, 0.3) is 0 Å². The van der Waals surface area contributed by atoms with Crippen molar-refractivity contribution in [3.63, 3.8) is 0 Å². The second kappa shape index (κ2) is 7.36. The summed E-state index contributed by atoms with van der Waals surface area (Å²) in [6.07, 6.45) is 4.43. The van der Waals surface area contributed by atoms with Crippen LogP contribution in [0.5, 0.6) is 0 Å². The topological polar surface area (TPSA) is 45.1 Å². The Kier molecular flexibility index (Phi) is 6.04. The summed E-state index contributed by atoms with van der Waals surface area (Å²) < 4.78 is 0. The van der Waals surface area contributed by atoms with E-state index in [4.69, 9.17) is 0 Å². The number of aromatic nitrogens is 1. The Morgan fingerprint density at radius 3 is 3.00 bits per heavy atom. The Labute approximate surface area is 97.9 Å². The molecule has 90 valence electrons. The predicted molar refractivity (Wildman–Crippen MR) is 66.2 cm³/mol. The number of aliphatic hydroxyl groups is 1. The second-order valence-corrected chi connectivity index (χ2v) is 4.13. The van der Waals surface area contributed by atoms with Crippen molar-refractivity contribution in [2.45, 2.75) is 45.8 Å². The first kappa shape index (κ1) is 13.1. The summed E-state index contributed by atoms with van der Waals surface area (Å²) in [5.41, 5.74) is 2.34. The van der Waals surface area contributed by atoms with Crippen molar-refractivity contribution in [2.75, 3.05) is 6.54 Å². The summed E-state index contributed by atoms with van der Waals surface area (Å²) in [4.78, 5) is 4.24. The lowest BCUT2D eigenvalue weighted by Crippen LogP contribution is -2.17. The predicted octanol–water partition coefficient (Wildman–Crippen LogP) is 2.03. The third-order valence-electron chi connectivity index (χ3n) is 2.79. The molecule has 16 heavy (non-hydrogen) atoms. The zero-order valence-electron chi connectivity index (χ0n) is 10.2. The third-order valence-corrected chi connectivity index (χ3v) is 2.79. The molecule has 1 aromatic heterocycles. The van der Waals surface area contributed by atoms with Crippen molar-refractivity contribution >= 4 is 0 Å². The first-order valence-electron chi connectivity index (χ1n) is 6.03. The van der Waals surface area contributed by atoms with Crippen LogP contribution in [0.4, 0.5) is 0 Å². The largest absolute Gasteiger partial charge is 0.393 e. The zero-order chi connectivity index (χ0) is 11.8. The molecule has 1 aromatic rings. The van der Waals surface area contributed by atoms with Gasteiger partial charge in [0.2, 0.25) is 0 Å². The van der Waals surface area contributed by atoms with Gasteiger partial charge in [-0.15, -0.1) is 0 Å². The van der Waals surface area contributed by atoms with Crippen LogP contribution in [0.25, 0.3) is 0 Å². The standard InChI is InChI=1S/C13H22N2O/c1-3-13(16)7-5-8-14-10-12-6-4-9-15-11(12)2/h4,6,9,13-14,16H,3,5,7-8,10H2,1-2H3. The van der Waals surface area contributed by atoms with Crippen LogP contribution in [0.15, 0.2) is 18.3 Å². The van der Waals surface area contributed by atoms with Gasteiger partial charge in [-0.05, 0) is 44.4 Å². The van der Waals surface area contributed by atoms with Crippen LogP contribution in [0, 0.1) is 6.92 Å². The highest BCUT2D eigenvalue weighted by atomic mass is 16.3.